The predicted molar refractivity (Wildman–Crippen MR) is 72.5 cm³/mol. The lowest BCUT2D eigenvalue weighted by Crippen LogP contribution is -2.04. The van der Waals surface area contributed by atoms with Crippen LogP contribution in [0.2, 0.25) is 5.02 Å². The van der Waals surface area contributed by atoms with E-state index in [0.29, 0.717) is 0 Å². The molecule has 1 atom stereocenters. The van der Waals surface area contributed by atoms with E-state index in [-0.39, 0.29) is 6.04 Å². The highest BCUT2D eigenvalue weighted by molar-refractivity contribution is 8.01. The minimum atomic E-state index is 0.0262. The number of hydrogen-bond acceptors (Lipinski definition) is 3. The zero-order chi connectivity index (χ0) is 11.5. The van der Waals surface area contributed by atoms with Crippen molar-refractivity contribution in [1.82, 2.24) is 0 Å². The summed E-state index contributed by atoms with van der Waals surface area (Å²) in [6.45, 7) is 1.96. The van der Waals surface area contributed by atoms with Crippen LogP contribution in [0.4, 0.5) is 0 Å². The van der Waals surface area contributed by atoms with Crippen molar-refractivity contribution in [3.05, 3.63) is 46.3 Å². The fraction of sp³-hybridized carbons (Fsp3) is 0.167. The van der Waals surface area contributed by atoms with Crippen molar-refractivity contribution in [3.8, 4) is 0 Å². The first-order chi connectivity index (χ1) is 7.66. The summed E-state index contributed by atoms with van der Waals surface area (Å²) in [7, 11) is 0. The fourth-order valence-corrected chi connectivity index (χ4v) is 3.35. The Hall–Kier alpha value is -0.480. The standard InChI is InChI=1S/C12H12ClNS2/c1-8(14)9-4-5-11(10(13)7-9)16-12-3-2-6-15-12/h2-8H,14H2,1H3/t8-/m1/s1. The molecule has 0 spiro atoms. The van der Waals surface area contributed by atoms with E-state index < -0.39 is 0 Å². The Morgan fingerprint density at radius 1 is 1.38 bits per heavy atom. The molecule has 1 aromatic carbocycles. The topological polar surface area (TPSA) is 26.0 Å². The second kappa shape index (κ2) is 5.23. The van der Waals surface area contributed by atoms with Gasteiger partial charge in [-0.25, -0.2) is 0 Å². The van der Waals surface area contributed by atoms with Crippen LogP contribution >= 0.6 is 34.7 Å². The van der Waals surface area contributed by atoms with Gasteiger partial charge in [0, 0.05) is 10.9 Å². The third kappa shape index (κ3) is 2.80. The van der Waals surface area contributed by atoms with Crippen LogP contribution in [0.15, 0.2) is 44.8 Å². The first-order valence-electron chi connectivity index (χ1n) is 4.93. The molecule has 0 unspecified atom stereocenters. The van der Waals surface area contributed by atoms with E-state index in [1.165, 1.54) is 4.21 Å². The van der Waals surface area contributed by atoms with E-state index in [0.717, 1.165) is 15.5 Å². The molecule has 84 valence electrons. The van der Waals surface area contributed by atoms with E-state index >= 15 is 0 Å². The second-order valence-corrected chi connectivity index (χ2v) is 6.21. The van der Waals surface area contributed by atoms with Crippen LogP contribution in [0, 0.1) is 0 Å². The maximum Gasteiger partial charge on any atom is 0.0646 e. The van der Waals surface area contributed by atoms with Gasteiger partial charge in [-0.05, 0) is 36.1 Å². The van der Waals surface area contributed by atoms with Crippen LogP contribution in [0.25, 0.3) is 0 Å². The van der Waals surface area contributed by atoms with Crippen molar-refractivity contribution >= 4 is 34.7 Å². The van der Waals surface area contributed by atoms with Gasteiger partial charge in [-0.3, -0.25) is 0 Å². The van der Waals surface area contributed by atoms with Crippen molar-refractivity contribution < 1.29 is 0 Å². The average Bonchev–Trinajstić information content (AvgIpc) is 2.73. The zero-order valence-corrected chi connectivity index (χ0v) is 11.2. The molecular weight excluding hydrogens is 258 g/mol. The van der Waals surface area contributed by atoms with Crippen molar-refractivity contribution in [2.45, 2.75) is 22.1 Å². The number of thiophene rings is 1. The van der Waals surface area contributed by atoms with Crippen molar-refractivity contribution in [2.75, 3.05) is 0 Å². The maximum atomic E-state index is 6.22. The SMILES string of the molecule is C[C@@H](N)c1ccc(Sc2cccs2)c(Cl)c1. The van der Waals surface area contributed by atoms with E-state index in [1.54, 1.807) is 23.1 Å². The summed E-state index contributed by atoms with van der Waals surface area (Å²) >= 11 is 9.62. The van der Waals surface area contributed by atoms with E-state index in [2.05, 4.69) is 11.4 Å². The molecule has 0 aliphatic heterocycles. The minimum absolute atomic E-state index is 0.0262. The highest BCUT2D eigenvalue weighted by Crippen LogP contribution is 2.36. The number of nitrogens with two attached hydrogens (primary N) is 1. The number of hydrogen-bond donors (Lipinski definition) is 1. The lowest BCUT2D eigenvalue weighted by atomic mass is 10.1. The van der Waals surface area contributed by atoms with Crippen LogP contribution in [0.3, 0.4) is 0 Å². The van der Waals surface area contributed by atoms with Gasteiger partial charge in [0.1, 0.15) is 0 Å². The smallest absolute Gasteiger partial charge is 0.0646 e. The molecule has 0 saturated heterocycles. The monoisotopic (exact) mass is 269 g/mol. The van der Waals surface area contributed by atoms with Gasteiger partial charge in [-0.2, -0.15) is 0 Å². The normalized spacial score (nSPS) is 12.7. The van der Waals surface area contributed by atoms with Crippen LogP contribution in [0.5, 0.6) is 0 Å². The number of benzene rings is 1. The van der Waals surface area contributed by atoms with Gasteiger partial charge < -0.3 is 5.73 Å². The molecule has 0 aliphatic carbocycles. The van der Waals surface area contributed by atoms with E-state index in [1.807, 2.05) is 31.2 Å². The Morgan fingerprint density at radius 3 is 2.75 bits per heavy atom. The molecule has 2 N–H and O–H groups in total. The predicted octanol–water partition coefficient (Wildman–Crippen LogP) is 4.57. The third-order valence-electron chi connectivity index (χ3n) is 2.19. The summed E-state index contributed by atoms with van der Waals surface area (Å²) < 4.78 is 1.25. The van der Waals surface area contributed by atoms with Crippen molar-refractivity contribution in [2.24, 2.45) is 5.73 Å². The van der Waals surface area contributed by atoms with Crippen molar-refractivity contribution in [1.29, 1.82) is 0 Å². The van der Waals surface area contributed by atoms with Crippen LogP contribution in [0.1, 0.15) is 18.5 Å². The highest BCUT2D eigenvalue weighted by Gasteiger charge is 2.06. The molecule has 0 amide bonds. The lowest BCUT2D eigenvalue weighted by Gasteiger charge is -2.08. The van der Waals surface area contributed by atoms with Gasteiger partial charge in [0.25, 0.3) is 0 Å². The van der Waals surface area contributed by atoms with E-state index in [4.69, 9.17) is 17.3 Å². The molecule has 16 heavy (non-hydrogen) atoms. The van der Waals surface area contributed by atoms with Gasteiger partial charge in [-0.15, -0.1) is 11.3 Å². The Labute approximate surface area is 109 Å². The van der Waals surface area contributed by atoms with Crippen molar-refractivity contribution in [3.63, 3.8) is 0 Å². The molecule has 0 bridgehead atoms. The van der Waals surface area contributed by atoms with Gasteiger partial charge in [0.2, 0.25) is 0 Å². The molecule has 0 fully saturated rings. The Kier molecular flexibility index (Phi) is 3.92. The number of rotatable bonds is 3. The zero-order valence-electron chi connectivity index (χ0n) is 8.81. The van der Waals surface area contributed by atoms with Gasteiger partial charge >= 0.3 is 0 Å². The second-order valence-electron chi connectivity index (χ2n) is 3.51. The molecule has 1 heterocycles. The van der Waals surface area contributed by atoms with Gasteiger partial charge in [0.15, 0.2) is 0 Å². The van der Waals surface area contributed by atoms with Crippen LogP contribution in [-0.2, 0) is 0 Å². The Bertz CT molecular complexity index is 466. The molecule has 0 radical (unpaired) electrons. The third-order valence-corrected chi connectivity index (χ3v) is 4.73. The Morgan fingerprint density at radius 2 is 2.19 bits per heavy atom. The average molecular weight is 270 g/mol. The van der Waals surface area contributed by atoms with Crippen LogP contribution < -0.4 is 5.73 Å². The summed E-state index contributed by atoms with van der Waals surface area (Å²) in [5.41, 5.74) is 6.88. The summed E-state index contributed by atoms with van der Waals surface area (Å²) in [5, 5.41) is 2.83. The molecule has 4 heteroatoms. The lowest BCUT2D eigenvalue weighted by molar-refractivity contribution is 0.817. The molecule has 1 aromatic heterocycles. The molecule has 0 saturated carbocycles. The minimum Gasteiger partial charge on any atom is -0.324 e. The summed E-state index contributed by atoms with van der Waals surface area (Å²) in [6.07, 6.45) is 0. The molecule has 1 nitrogen and oxygen atoms in total. The van der Waals surface area contributed by atoms with Gasteiger partial charge in [-0.1, -0.05) is 35.5 Å². The van der Waals surface area contributed by atoms with E-state index in [9.17, 15) is 0 Å². The molecule has 2 rings (SSSR count). The first-order valence-corrected chi connectivity index (χ1v) is 7.00. The Balaban J connectivity index is 2.23. The summed E-state index contributed by atoms with van der Waals surface area (Å²) in [4.78, 5) is 1.08. The molecule has 0 aliphatic rings. The summed E-state index contributed by atoms with van der Waals surface area (Å²) in [5.74, 6) is 0. The van der Waals surface area contributed by atoms with Crippen LogP contribution in [-0.4, -0.2) is 0 Å². The van der Waals surface area contributed by atoms with Gasteiger partial charge in [0.05, 0.1) is 9.23 Å². The molecule has 2 aromatic rings. The summed E-state index contributed by atoms with van der Waals surface area (Å²) in [6, 6.07) is 10.2. The first kappa shape index (κ1) is 12.0. The highest BCUT2D eigenvalue weighted by atomic mass is 35.5. The quantitative estimate of drug-likeness (QED) is 0.883. The largest absolute Gasteiger partial charge is 0.324 e. The maximum absolute atomic E-state index is 6.22. The fourth-order valence-electron chi connectivity index (χ4n) is 1.31. The number of halogens is 1. The molecular formula is C12H12ClNS2.